The monoisotopic (exact) mass is 257 g/mol. The van der Waals surface area contributed by atoms with E-state index >= 15 is 0 Å². The van der Waals surface area contributed by atoms with Crippen molar-refractivity contribution in [1.29, 1.82) is 0 Å². The van der Waals surface area contributed by atoms with Gasteiger partial charge in [0.15, 0.2) is 0 Å². The molecule has 0 amide bonds. The number of hydrogen-bond acceptors (Lipinski definition) is 2. The molecule has 16 heavy (non-hydrogen) atoms. The van der Waals surface area contributed by atoms with Crippen molar-refractivity contribution in [2.45, 2.75) is 13.3 Å². The third-order valence-electron chi connectivity index (χ3n) is 2.48. The molecule has 0 bridgehead atoms. The number of benzene rings is 1. The highest BCUT2D eigenvalue weighted by Crippen LogP contribution is 2.32. The molecule has 5 heteroatoms. The third-order valence-corrected chi connectivity index (χ3v) is 3.20. The van der Waals surface area contributed by atoms with E-state index in [9.17, 15) is 9.90 Å². The minimum atomic E-state index is -0.300. The molecule has 0 unspecified atom stereocenters. The van der Waals surface area contributed by atoms with E-state index in [1.165, 1.54) is 6.07 Å². The van der Waals surface area contributed by atoms with Gasteiger partial charge in [0.1, 0.15) is 5.75 Å². The molecule has 0 fully saturated rings. The largest absolute Gasteiger partial charge is 0.507 e. The number of nitrogens with one attached hydrogen (secondary N) is 1. The molecule has 1 aromatic heterocycles. The summed E-state index contributed by atoms with van der Waals surface area (Å²) in [6, 6.07) is 3.07. The van der Waals surface area contributed by atoms with Gasteiger partial charge in [-0.15, -0.1) is 0 Å². The van der Waals surface area contributed by atoms with Gasteiger partial charge >= 0.3 is 0 Å². The molecule has 0 aliphatic carbocycles. The van der Waals surface area contributed by atoms with Gasteiger partial charge in [-0.05, 0) is 18.6 Å². The van der Waals surface area contributed by atoms with Gasteiger partial charge < -0.3 is 10.1 Å². The van der Waals surface area contributed by atoms with E-state index in [2.05, 4.69) is 4.98 Å². The van der Waals surface area contributed by atoms with Crippen molar-refractivity contribution in [1.82, 2.24) is 4.98 Å². The van der Waals surface area contributed by atoms with Crippen LogP contribution in [0.4, 0.5) is 0 Å². The lowest BCUT2D eigenvalue weighted by molar-refractivity contribution is 0.473. The first-order valence-corrected chi connectivity index (χ1v) is 5.53. The first kappa shape index (κ1) is 11.3. The summed E-state index contributed by atoms with van der Waals surface area (Å²) in [4.78, 5) is 14.2. The van der Waals surface area contributed by atoms with Crippen LogP contribution in [0, 0.1) is 0 Å². The predicted molar refractivity (Wildman–Crippen MR) is 65.6 cm³/mol. The second-order valence-corrected chi connectivity index (χ2v) is 4.26. The minimum Gasteiger partial charge on any atom is -0.507 e. The first-order chi connectivity index (χ1) is 7.54. The van der Waals surface area contributed by atoms with Crippen LogP contribution in [0.5, 0.6) is 5.75 Å². The molecule has 3 nitrogen and oxygen atoms in total. The van der Waals surface area contributed by atoms with Crippen LogP contribution in [0.1, 0.15) is 12.5 Å². The molecule has 0 aliphatic rings. The maximum atomic E-state index is 11.6. The number of rotatable bonds is 1. The zero-order chi connectivity index (χ0) is 11.9. The van der Waals surface area contributed by atoms with Crippen LogP contribution in [0.2, 0.25) is 10.0 Å². The quantitative estimate of drug-likeness (QED) is 0.825. The number of H-pyrrole nitrogens is 1. The van der Waals surface area contributed by atoms with Gasteiger partial charge in [0, 0.05) is 5.39 Å². The van der Waals surface area contributed by atoms with Gasteiger partial charge in [-0.3, -0.25) is 4.79 Å². The van der Waals surface area contributed by atoms with Crippen LogP contribution in [-0.4, -0.2) is 10.1 Å². The van der Waals surface area contributed by atoms with Crippen LogP contribution >= 0.6 is 23.2 Å². The summed E-state index contributed by atoms with van der Waals surface area (Å²) < 4.78 is 0. The van der Waals surface area contributed by atoms with Gasteiger partial charge in [0.2, 0.25) is 0 Å². The van der Waals surface area contributed by atoms with E-state index in [1.807, 2.05) is 0 Å². The number of aromatic nitrogens is 1. The van der Waals surface area contributed by atoms with E-state index in [-0.39, 0.29) is 11.3 Å². The van der Waals surface area contributed by atoms with E-state index in [4.69, 9.17) is 23.2 Å². The molecule has 0 atom stereocenters. The van der Waals surface area contributed by atoms with Crippen molar-refractivity contribution >= 4 is 34.1 Å². The lowest BCUT2D eigenvalue weighted by atomic mass is 10.1. The molecule has 0 saturated heterocycles. The van der Waals surface area contributed by atoms with E-state index < -0.39 is 0 Å². The summed E-state index contributed by atoms with van der Waals surface area (Å²) in [5.41, 5.74) is 0.533. The highest BCUT2D eigenvalue weighted by atomic mass is 35.5. The maximum absolute atomic E-state index is 11.6. The Labute approximate surface area is 102 Å². The summed E-state index contributed by atoms with van der Waals surface area (Å²) in [5, 5.41) is 11.1. The fourth-order valence-electron chi connectivity index (χ4n) is 1.64. The van der Waals surface area contributed by atoms with Gasteiger partial charge in [0.25, 0.3) is 5.56 Å². The highest BCUT2D eigenvalue weighted by molar-refractivity contribution is 6.42. The van der Waals surface area contributed by atoms with Crippen molar-refractivity contribution in [2.24, 2.45) is 0 Å². The van der Waals surface area contributed by atoms with Crippen molar-refractivity contribution in [3.8, 4) is 5.75 Å². The van der Waals surface area contributed by atoms with Gasteiger partial charge in [-0.2, -0.15) is 0 Å². The summed E-state index contributed by atoms with van der Waals surface area (Å²) in [7, 11) is 0. The molecular formula is C11H9Cl2NO2. The summed E-state index contributed by atoms with van der Waals surface area (Å²) in [5.74, 6) is -0.0279. The average molecular weight is 258 g/mol. The van der Waals surface area contributed by atoms with Crippen molar-refractivity contribution in [3.05, 3.63) is 38.1 Å². The average Bonchev–Trinajstić information content (AvgIpc) is 2.22. The number of fused-ring (bicyclic) bond motifs is 1. The van der Waals surface area contributed by atoms with Crippen LogP contribution in [0.25, 0.3) is 10.9 Å². The molecule has 1 heterocycles. The van der Waals surface area contributed by atoms with E-state index in [0.717, 1.165) is 0 Å². The zero-order valence-electron chi connectivity index (χ0n) is 8.47. The normalized spacial score (nSPS) is 10.9. The van der Waals surface area contributed by atoms with Crippen LogP contribution in [0.15, 0.2) is 16.9 Å². The van der Waals surface area contributed by atoms with Crippen molar-refractivity contribution in [3.63, 3.8) is 0 Å². The van der Waals surface area contributed by atoms with Crippen molar-refractivity contribution < 1.29 is 5.11 Å². The second kappa shape index (κ2) is 4.00. The molecule has 1 aromatic carbocycles. The third kappa shape index (κ3) is 1.66. The molecule has 2 rings (SSSR count). The highest BCUT2D eigenvalue weighted by Gasteiger charge is 2.11. The Morgan fingerprint density at radius 1 is 1.31 bits per heavy atom. The Hall–Kier alpha value is -1.19. The smallest absolute Gasteiger partial charge is 0.255 e. The topological polar surface area (TPSA) is 53.1 Å². The molecular weight excluding hydrogens is 249 g/mol. The van der Waals surface area contributed by atoms with Crippen LogP contribution < -0.4 is 5.56 Å². The fourth-order valence-corrected chi connectivity index (χ4v) is 1.97. The number of pyridine rings is 1. The SMILES string of the molecule is CCc1c(O)c2cc(Cl)c(Cl)cc2[nH]c1=O. The minimum absolute atomic E-state index is 0.0279. The number of hydrogen-bond donors (Lipinski definition) is 2. The second-order valence-electron chi connectivity index (χ2n) is 3.45. The number of aromatic hydroxyl groups is 1. The molecule has 84 valence electrons. The van der Waals surface area contributed by atoms with Crippen LogP contribution in [0.3, 0.4) is 0 Å². The number of aromatic amines is 1. The van der Waals surface area contributed by atoms with Gasteiger partial charge in [-0.1, -0.05) is 30.1 Å². The lowest BCUT2D eigenvalue weighted by Crippen LogP contribution is -2.11. The maximum Gasteiger partial charge on any atom is 0.255 e. The molecule has 0 saturated carbocycles. The van der Waals surface area contributed by atoms with Crippen molar-refractivity contribution in [2.75, 3.05) is 0 Å². The zero-order valence-corrected chi connectivity index (χ0v) is 9.99. The van der Waals surface area contributed by atoms with E-state index in [0.29, 0.717) is 32.9 Å². The summed E-state index contributed by atoms with van der Waals surface area (Å²) in [6.07, 6.45) is 0.456. The Balaban J connectivity index is 2.94. The summed E-state index contributed by atoms with van der Waals surface area (Å²) in [6.45, 7) is 1.80. The summed E-state index contributed by atoms with van der Waals surface area (Å²) >= 11 is 11.7. The number of halogens is 2. The Kier molecular flexibility index (Phi) is 2.82. The lowest BCUT2D eigenvalue weighted by Gasteiger charge is -2.06. The first-order valence-electron chi connectivity index (χ1n) is 4.77. The standard InChI is InChI=1S/C11H9Cl2NO2/c1-2-5-10(15)6-3-7(12)8(13)4-9(6)14-11(5)16/h3-4H,2H2,1H3,(H2,14,15,16). The van der Waals surface area contributed by atoms with Crippen LogP contribution in [-0.2, 0) is 6.42 Å². The predicted octanol–water partition coefficient (Wildman–Crippen LogP) is 3.10. The Morgan fingerprint density at radius 2 is 1.94 bits per heavy atom. The van der Waals surface area contributed by atoms with Gasteiger partial charge in [0.05, 0.1) is 21.1 Å². The molecule has 0 spiro atoms. The Bertz CT molecular complexity index is 619. The Morgan fingerprint density at radius 3 is 2.56 bits per heavy atom. The molecule has 2 N–H and O–H groups in total. The fraction of sp³-hybridized carbons (Fsp3) is 0.182. The molecule has 0 aliphatic heterocycles. The molecule has 2 aromatic rings. The van der Waals surface area contributed by atoms with E-state index in [1.54, 1.807) is 13.0 Å². The molecule has 0 radical (unpaired) electrons. The van der Waals surface area contributed by atoms with Gasteiger partial charge in [-0.25, -0.2) is 0 Å².